The molecular formula is C29H54N6O10. The molecule has 0 aliphatic carbocycles. The highest BCUT2D eigenvalue weighted by molar-refractivity contribution is 5.78. The summed E-state index contributed by atoms with van der Waals surface area (Å²) in [7, 11) is 0. The normalized spacial score (nSPS) is 16.5. The van der Waals surface area contributed by atoms with Crippen molar-refractivity contribution in [2.24, 2.45) is 5.92 Å². The molecule has 260 valence electrons. The summed E-state index contributed by atoms with van der Waals surface area (Å²) in [6.45, 7) is 8.47. The van der Waals surface area contributed by atoms with E-state index in [0.29, 0.717) is 91.1 Å². The SMILES string of the molecule is CC(C)CCCNC(=O)CCOCCOCCNC(=O)CN1CCN(CC(=O)O)CCN(CC(=O)O)CCN(CC(=O)O)CC1. The van der Waals surface area contributed by atoms with E-state index in [0.717, 1.165) is 12.8 Å². The molecule has 1 saturated heterocycles. The zero-order valence-electron chi connectivity index (χ0n) is 26.9. The van der Waals surface area contributed by atoms with E-state index in [4.69, 9.17) is 9.47 Å². The van der Waals surface area contributed by atoms with E-state index in [9.17, 15) is 39.3 Å². The number of carbonyl (C=O) groups excluding carboxylic acids is 2. The maximum atomic E-state index is 12.7. The van der Waals surface area contributed by atoms with E-state index < -0.39 is 17.9 Å². The number of carboxylic acids is 3. The number of carbonyl (C=O) groups is 5. The Morgan fingerprint density at radius 3 is 1.40 bits per heavy atom. The van der Waals surface area contributed by atoms with Crippen molar-refractivity contribution in [3.05, 3.63) is 0 Å². The number of ether oxygens (including phenoxy) is 2. The van der Waals surface area contributed by atoms with E-state index in [1.165, 1.54) is 0 Å². The summed E-state index contributed by atoms with van der Waals surface area (Å²) in [6, 6.07) is 0. The lowest BCUT2D eigenvalue weighted by atomic mass is 10.1. The second-order valence-corrected chi connectivity index (χ2v) is 11.5. The average molecular weight is 647 g/mol. The van der Waals surface area contributed by atoms with Gasteiger partial charge in [-0.1, -0.05) is 13.8 Å². The van der Waals surface area contributed by atoms with Crippen molar-refractivity contribution in [1.29, 1.82) is 0 Å². The molecule has 0 aromatic rings. The average Bonchev–Trinajstić information content (AvgIpc) is 2.94. The summed E-state index contributed by atoms with van der Waals surface area (Å²) in [5, 5.41) is 33.6. The highest BCUT2D eigenvalue weighted by Crippen LogP contribution is 2.03. The molecule has 2 amide bonds. The number of nitrogens with zero attached hydrogens (tertiary/aromatic N) is 4. The van der Waals surface area contributed by atoms with Crippen LogP contribution in [0.1, 0.15) is 33.1 Å². The van der Waals surface area contributed by atoms with Crippen LogP contribution in [0.2, 0.25) is 0 Å². The Labute approximate surface area is 266 Å². The predicted octanol–water partition coefficient (Wildman–Crippen LogP) is -1.45. The van der Waals surface area contributed by atoms with E-state index in [2.05, 4.69) is 24.5 Å². The molecule has 0 radical (unpaired) electrons. The minimum atomic E-state index is -1.02. The summed E-state index contributed by atoms with van der Waals surface area (Å²) < 4.78 is 10.9. The molecule has 1 heterocycles. The van der Waals surface area contributed by atoms with Crippen molar-refractivity contribution in [2.75, 3.05) is 118 Å². The third kappa shape index (κ3) is 23.2. The van der Waals surface area contributed by atoms with Crippen LogP contribution in [-0.2, 0) is 33.4 Å². The zero-order chi connectivity index (χ0) is 33.5. The van der Waals surface area contributed by atoms with Crippen molar-refractivity contribution in [3.63, 3.8) is 0 Å². The first-order chi connectivity index (χ1) is 21.4. The molecule has 16 nitrogen and oxygen atoms in total. The van der Waals surface area contributed by atoms with Crippen LogP contribution in [0.25, 0.3) is 0 Å². The number of hydrogen-bond donors (Lipinski definition) is 5. The third-order valence-corrected chi connectivity index (χ3v) is 7.07. The largest absolute Gasteiger partial charge is 0.480 e. The van der Waals surface area contributed by atoms with Gasteiger partial charge in [0.15, 0.2) is 0 Å². The standard InChI is InChI=1S/C29H54N6O10/c1-24(2)4-3-6-30-25(36)5-16-44-18-19-45-17-7-31-26(37)20-32-8-10-33(21-27(38)39)12-14-35(23-29(42)43)15-13-34(11-9-32)22-28(40)41/h24H,3-23H2,1-2H3,(H,30,36)(H,31,37)(H,38,39)(H,40,41)(H,42,43). The molecule has 0 spiro atoms. The summed E-state index contributed by atoms with van der Waals surface area (Å²) in [5.74, 6) is -2.70. The van der Waals surface area contributed by atoms with Crippen LogP contribution in [0, 0.1) is 5.92 Å². The van der Waals surface area contributed by atoms with Gasteiger partial charge in [-0.3, -0.25) is 43.6 Å². The van der Waals surface area contributed by atoms with Gasteiger partial charge in [-0.05, 0) is 18.8 Å². The molecule has 0 aromatic heterocycles. The molecule has 0 aromatic carbocycles. The minimum Gasteiger partial charge on any atom is -0.480 e. The fourth-order valence-corrected chi connectivity index (χ4v) is 4.62. The lowest BCUT2D eigenvalue weighted by Crippen LogP contribution is -2.50. The lowest BCUT2D eigenvalue weighted by Gasteiger charge is -2.32. The van der Waals surface area contributed by atoms with Crippen LogP contribution in [0.4, 0.5) is 0 Å². The van der Waals surface area contributed by atoms with Crippen molar-refractivity contribution in [3.8, 4) is 0 Å². The summed E-state index contributed by atoms with van der Waals surface area (Å²) in [4.78, 5) is 65.5. The fourth-order valence-electron chi connectivity index (χ4n) is 4.62. The van der Waals surface area contributed by atoms with Crippen LogP contribution >= 0.6 is 0 Å². The van der Waals surface area contributed by atoms with E-state index >= 15 is 0 Å². The number of aliphatic carboxylic acids is 3. The maximum Gasteiger partial charge on any atom is 0.317 e. The van der Waals surface area contributed by atoms with Gasteiger partial charge in [-0.15, -0.1) is 0 Å². The van der Waals surface area contributed by atoms with E-state index in [1.54, 1.807) is 14.7 Å². The molecule has 1 fully saturated rings. The molecule has 1 aliphatic heterocycles. The molecule has 1 rings (SSSR count). The van der Waals surface area contributed by atoms with E-state index in [1.807, 2.05) is 4.90 Å². The summed E-state index contributed by atoms with van der Waals surface area (Å²) >= 11 is 0. The van der Waals surface area contributed by atoms with Crippen LogP contribution in [-0.4, -0.2) is 183 Å². The van der Waals surface area contributed by atoms with Gasteiger partial charge in [0, 0.05) is 71.9 Å². The monoisotopic (exact) mass is 646 g/mol. The molecule has 0 saturated carbocycles. The van der Waals surface area contributed by atoms with Crippen molar-refractivity contribution >= 4 is 29.7 Å². The second kappa shape index (κ2) is 24.4. The lowest BCUT2D eigenvalue weighted by molar-refractivity contribution is -0.140. The highest BCUT2D eigenvalue weighted by atomic mass is 16.5. The summed E-state index contributed by atoms with van der Waals surface area (Å²) in [6.07, 6.45) is 2.32. The molecule has 0 atom stereocenters. The molecule has 0 unspecified atom stereocenters. The Hall–Kier alpha value is -2.89. The fraction of sp³-hybridized carbons (Fsp3) is 0.828. The Kier molecular flexibility index (Phi) is 21.7. The van der Waals surface area contributed by atoms with Gasteiger partial charge in [-0.25, -0.2) is 0 Å². The summed E-state index contributed by atoms with van der Waals surface area (Å²) in [5.41, 5.74) is 0. The van der Waals surface area contributed by atoms with Crippen LogP contribution < -0.4 is 10.6 Å². The van der Waals surface area contributed by atoms with Crippen molar-refractivity contribution < 1.29 is 48.8 Å². The zero-order valence-corrected chi connectivity index (χ0v) is 26.9. The van der Waals surface area contributed by atoms with Gasteiger partial charge in [0.25, 0.3) is 0 Å². The topological polar surface area (TPSA) is 202 Å². The van der Waals surface area contributed by atoms with Crippen LogP contribution in [0.15, 0.2) is 0 Å². The van der Waals surface area contributed by atoms with Crippen LogP contribution in [0.5, 0.6) is 0 Å². The van der Waals surface area contributed by atoms with Gasteiger partial charge in [0.1, 0.15) is 0 Å². The number of hydrogen-bond acceptors (Lipinski definition) is 11. The molecule has 0 bridgehead atoms. The smallest absolute Gasteiger partial charge is 0.317 e. The number of carboxylic acid groups (broad SMARTS) is 3. The van der Waals surface area contributed by atoms with Crippen molar-refractivity contribution in [2.45, 2.75) is 33.1 Å². The van der Waals surface area contributed by atoms with E-state index in [-0.39, 0.29) is 51.1 Å². The number of amides is 2. The highest BCUT2D eigenvalue weighted by Gasteiger charge is 2.21. The van der Waals surface area contributed by atoms with Gasteiger partial charge < -0.3 is 35.4 Å². The Bertz CT molecular complexity index is 862. The van der Waals surface area contributed by atoms with Gasteiger partial charge in [0.05, 0.1) is 52.6 Å². The quantitative estimate of drug-likeness (QED) is 0.0907. The minimum absolute atomic E-state index is 0.0359. The third-order valence-electron chi connectivity index (χ3n) is 7.07. The Morgan fingerprint density at radius 1 is 0.578 bits per heavy atom. The van der Waals surface area contributed by atoms with Crippen LogP contribution in [0.3, 0.4) is 0 Å². The molecule has 1 aliphatic rings. The van der Waals surface area contributed by atoms with Gasteiger partial charge in [-0.2, -0.15) is 0 Å². The number of rotatable bonds is 21. The molecule has 16 heteroatoms. The Balaban J connectivity index is 2.45. The molecule has 45 heavy (non-hydrogen) atoms. The van der Waals surface area contributed by atoms with Crippen molar-refractivity contribution in [1.82, 2.24) is 30.2 Å². The van der Waals surface area contributed by atoms with Gasteiger partial charge >= 0.3 is 17.9 Å². The molecular weight excluding hydrogens is 592 g/mol. The van der Waals surface area contributed by atoms with Gasteiger partial charge in [0.2, 0.25) is 11.8 Å². The first-order valence-electron chi connectivity index (χ1n) is 15.7. The second-order valence-electron chi connectivity index (χ2n) is 11.5. The maximum absolute atomic E-state index is 12.7. The number of nitrogens with one attached hydrogen (secondary N) is 2. The Morgan fingerprint density at radius 2 is 0.978 bits per heavy atom. The first-order valence-corrected chi connectivity index (χ1v) is 15.7. The molecule has 5 N–H and O–H groups in total. The first kappa shape index (κ1) is 40.1. The predicted molar refractivity (Wildman–Crippen MR) is 165 cm³/mol.